The van der Waals surface area contributed by atoms with Gasteiger partial charge in [-0.25, -0.2) is 0 Å². The number of ether oxygens (including phenoxy) is 1. The fraction of sp³-hybridized carbons (Fsp3) is 0.231. The molecule has 100 valence electrons. The molecule has 0 aliphatic rings. The molecule has 6 heteroatoms. The number of benzene rings is 1. The number of anilines is 2. The molecule has 0 spiro atoms. The third kappa shape index (κ3) is 2.85. The van der Waals surface area contributed by atoms with E-state index in [4.69, 9.17) is 10.5 Å². The number of carbonyl (C=O) groups is 1. The normalized spacial score (nSPS) is 10.2. The lowest BCUT2D eigenvalue weighted by Crippen LogP contribution is -2.30. The first-order chi connectivity index (χ1) is 9.11. The van der Waals surface area contributed by atoms with Gasteiger partial charge >= 0.3 is 0 Å². The van der Waals surface area contributed by atoms with Crippen molar-refractivity contribution in [1.29, 1.82) is 0 Å². The van der Waals surface area contributed by atoms with Crippen molar-refractivity contribution < 1.29 is 9.53 Å². The van der Waals surface area contributed by atoms with E-state index in [0.29, 0.717) is 11.6 Å². The Morgan fingerprint density at radius 3 is 2.79 bits per heavy atom. The highest BCUT2D eigenvalue weighted by Crippen LogP contribution is 2.26. The van der Waals surface area contributed by atoms with E-state index >= 15 is 0 Å². The predicted molar refractivity (Wildman–Crippen MR) is 73.0 cm³/mol. The first kappa shape index (κ1) is 12.9. The Hall–Kier alpha value is -2.50. The molecule has 0 saturated heterocycles. The van der Waals surface area contributed by atoms with Gasteiger partial charge in [-0.3, -0.25) is 9.48 Å². The smallest absolute Gasteiger partial charge is 0.248 e. The van der Waals surface area contributed by atoms with E-state index in [-0.39, 0.29) is 12.5 Å². The number of aromatic nitrogens is 2. The summed E-state index contributed by atoms with van der Waals surface area (Å²) in [7, 11) is 3.28. The molecule has 1 aromatic heterocycles. The predicted octanol–water partition coefficient (Wildman–Crippen LogP) is 1.14. The molecule has 1 heterocycles. The molecule has 19 heavy (non-hydrogen) atoms. The van der Waals surface area contributed by atoms with Crippen LogP contribution in [0.25, 0.3) is 0 Å². The summed E-state index contributed by atoms with van der Waals surface area (Å²) in [5, 5.41) is 3.99. The number of likely N-dealkylation sites (N-methyl/N-ethyl adjacent to an activating group) is 1. The standard InChI is InChI=1S/C13H16N4O2/c1-16(10-5-3-4-6-11(10)19-2)13(18)9-17-8-7-12(14)15-17/h3-8H,9H2,1-2H3,(H2,14,15). The molecule has 0 radical (unpaired) electrons. The second kappa shape index (κ2) is 5.43. The van der Waals surface area contributed by atoms with E-state index in [1.54, 1.807) is 26.4 Å². The number of amides is 1. The first-order valence-electron chi connectivity index (χ1n) is 5.80. The van der Waals surface area contributed by atoms with Gasteiger partial charge in [0.1, 0.15) is 18.1 Å². The summed E-state index contributed by atoms with van der Waals surface area (Å²) in [6.07, 6.45) is 1.67. The molecule has 0 atom stereocenters. The Labute approximate surface area is 111 Å². The topological polar surface area (TPSA) is 73.4 Å². The molecule has 0 fully saturated rings. The lowest BCUT2D eigenvalue weighted by molar-refractivity contribution is -0.119. The molecule has 6 nitrogen and oxygen atoms in total. The minimum Gasteiger partial charge on any atom is -0.495 e. The molecule has 1 amide bonds. The number of carbonyl (C=O) groups excluding carboxylic acids is 1. The van der Waals surface area contributed by atoms with Crippen LogP contribution < -0.4 is 15.4 Å². The van der Waals surface area contributed by atoms with Gasteiger partial charge in [-0.15, -0.1) is 0 Å². The largest absolute Gasteiger partial charge is 0.495 e. The van der Waals surface area contributed by atoms with E-state index in [0.717, 1.165) is 5.69 Å². The number of nitrogens with zero attached hydrogens (tertiary/aromatic N) is 3. The zero-order chi connectivity index (χ0) is 13.8. The number of para-hydroxylation sites is 2. The fourth-order valence-corrected chi connectivity index (χ4v) is 1.75. The number of hydrogen-bond acceptors (Lipinski definition) is 4. The third-order valence-corrected chi connectivity index (χ3v) is 2.78. The quantitative estimate of drug-likeness (QED) is 0.894. The van der Waals surface area contributed by atoms with Gasteiger partial charge in [0.2, 0.25) is 5.91 Å². The molecule has 2 aromatic rings. The van der Waals surface area contributed by atoms with Crippen LogP contribution in [0.1, 0.15) is 0 Å². The average molecular weight is 260 g/mol. The summed E-state index contributed by atoms with van der Waals surface area (Å²) in [6.45, 7) is 0.131. The van der Waals surface area contributed by atoms with Crippen molar-refractivity contribution in [2.45, 2.75) is 6.54 Å². The van der Waals surface area contributed by atoms with Crippen molar-refractivity contribution in [3.8, 4) is 5.75 Å². The van der Waals surface area contributed by atoms with Crippen LogP contribution in [0.15, 0.2) is 36.5 Å². The van der Waals surface area contributed by atoms with Crippen LogP contribution in [0.4, 0.5) is 11.5 Å². The first-order valence-corrected chi connectivity index (χ1v) is 5.80. The van der Waals surface area contributed by atoms with Gasteiger partial charge in [0.05, 0.1) is 12.8 Å². The molecule has 1 aromatic carbocycles. The number of rotatable bonds is 4. The van der Waals surface area contributed by atoms with Gasteiger partial charge in [-0.2, -0.15) is 5.10 Å². The van der Waals surface area contributed by atoms with E-state index in [1.807, 2.05) is 24.3 Å². The maximum Gasteiger partial charge on any atom is 0.248 e. The van der Waals surface area contributed by atoms with Crippen LogP contribution in [0.3, 0.4) is 0 Å². The molecule has 2 N–H and O–H groups in total. The van der Waals surface area contributed by atoms with Crippen LogP contribution in [-0.4, -0.2) is 29.8 Å². The number of nitrogen functional groups attached to an aromatic ring is 1. The minimum absolute atomic E-state index is 0.104. The van der Waals surface area contributed by atoms with Gasteiger partial charge in [-0.05, 0) is 18.2 Å². The van der Waals surface area contributed by atoms with Crippen molar-refractivity contribution in [2.75, 3.05) is 24.8 Å². The Balaban J connectivity index is 2.14. The molecule has 0 aliphatic heterocycles. The van der Waals surface area contributed by atoms with Crippen molar-refractivity contribution in [2.24, 2.45) is 0 Å². The fourth-order valence-electron chi connectivity index (χ4n) is 1.75. The second-order valence-electron chi connectivity index (χ2n) is 4.06. The molecule has 0 bridgehead atoms. The van der Waals surface area contributed by atoms with Crippen LogP contribution in [0.5, 0.6) is 5.75 Å². The van der Waals surface area contributed by atoms with Crippen molar-refractivity contribution in [1.82, 2.24) is 9.78 Å². The second-order valence-corrected chi connectivity index (χ2v) is 4.06. The van der Waals surface area contributed by atoms with Gasteiger partial charge in [0.15, 0.2) is 0 Å². The van der Waals surface area contributed by atoms with Gasteiger partial charge in [0, 0.05) is 13.2 Å². The SMILES string of the molecule is COc1ccccc1N(C)C(=O)Cn1ccc(N)n1. The van der Waals surface area contributed by atoms with Gasteiger partial charge in [0.25, 0.3) is 0 Å². The number of nitrogens with two attached hydrogens (primary N) is 1. The summed E-state index contributed by atoms with van der Waals surface area (Å²) in [5.41, 5.74) is 6.23. The maximum absolute atomic E-state index is 12.2. The summed E-state index contributed by atoms with van der Waals surface area (Å²) in [6, 6.07) is 9.00. The lowest BCUT2D eigenvalue weighted by atomic mass is 10.2. The Morgan fingerprint density at radius 2 is 2.16 bits per heavy atom. The lowest BCUT2D eigenvalue weighted by Gasteiger charge is -2.19. The monoisotopic (exact) mass is 260 g/mol. The minimum atomic E-state index is -0.104. The summed E-state index contributed by atoms with van der Waals surface area (Å²) < 4.78 is 6.74. The summed E-state index contributed by atoms with van der Waals surface area (Å²) in [5.74, 6) is 0.943. The highest BCUT2D eigenvalue weighted by Gasteiger charge is 2.15. The van der Waals surface area contributed by atoms with Gasteiger partial charge < -0.3 is 15.4 Å². The van der Waals surface area contributed by atoms with E-state index in [1.165, 1.54) is 9.58 Å². The van der Waals surface area contributed by atoms with E-state index in [2.05, 4.69) is 5.10 Å². The molecule has 0 unspecified atom stereocenters. The zero-order valence-electron chi connectivity index (χ0n) is 10.9. The molecule has 0 saturated carbocycles. The Morgan fingerprint density at radius 1 is 1.42 bits per heavy atom. The van der Waals surface area contributed by atoms with Crippen LogP contribution in [0, 0.1) is 0 Å². The van der Waals surface area contributed by atoms with Crippen LogP contribution >= 0.6 is 0 Å². The maximum atomic E-state index is 12.2. The molecule has 0 aliphatic carbocycles. The number of hydrogen-bond donors (Lipinski definition) is 1. The third-order valence-electron chi connectivity index (χ3n) is 2.78. The van der Waals surface area contributed by atoms with Gasteiger partial charge in [-0.1, -0.05) is 12.1 Å². The van der Waals surface area contributed by atoms with Crippen molar-refractivity contribution >= 4 is 17.4 Å². The zero-order valence-corrected chi connectivity index (χ0v) is 10.9. The highest BCUT2D eigenvalue weighted by atomic mass is 16.5. The van der Waals surface area contributed by atoms with Crippen molar-refractivity contribution in [3.05, 3.63) is 36.5 Å². The van der Waals surface area contributed by atoms with Crippen molar-refractivity contribution in [3.63, 3.8) is 0 Å². The highest BCUT2D eigenvalue weighted by molar-refractivity contribution is 5.94. The Bertz CT molecular complexity index is 580. The van der Waals surface area contributed by atoms with Crippen LogP contribution in [-0.2, 0) is 11.3 Å². The summed E-state index contributed by atoms with van der Waals surface area (Å²) in [4.78, 5) is 13.7. The van der Waals surface area contributed by atoms with E-state index in [9.17, 15) is 4.79 Å². The Kier molecular flexibility index (Phi) is 3.70. The number of methoxy groups -OCH3 is 1. The molecular formula is C13H16N4O2. The average Bonchev–Trinajstić information content (AvgIpc) is 2.83. The summed E-state index contributed by atoms with van der Waals surface area (Å²) >= 11 is 0. The molecule has 2 rings (SSSR count). The molecular weight excluding hydrogens is 244 g/mol. The van der Waals surface area contributed by atoms with Crippen LogP contribution in [0.2, 0.25) is 0 Å². The van der Waals surface area contributed by atoms with E-state index < -0.39 is 0 Å².